The van der Waals surface area contributed by atoms with Gasteiger partial charge in [0, 0.05) is 43.9 Å². The maximum atomic E-state index is 14.0. The molecule has 0 unspecified atom stereocenters. The van der Waals surface area contributed by atoms with Crippen molar-refractivity contribution in [2.45, 2.75) is 19.8 Å². The summed E-state index contributed by atoms with van der Waals surface area (Å²) in [6.45, 7) is 2.07. The quantitative estimate of drug-likeness (QED) is 0.650. The molecular weight excluding hydrogens is 382 g/mol. The van der Waals surface area contributed by atoms with Crippen molar-refractivity contribution in [1.29, 1.82) is 0 Å². The smallest absolute Gasteiger partial charge is 0.303 e. The number of anilines is 3. The highest BCUT2D eigenvalue weighted by atomic mass is 19.3. The SMILES string of the molecule is COc1cnc(NC(C)=O)cc1Nc1cc(-c2cccnc2)nc(C(C)(F)F)n1. The molecule has 0 aromatic carbocycles. The van der Waals surface area contributed by atoms with Gasteiger partial charge in [0.25, 0.3) is 0 Å². The van der Waals surface area contributed by atoms with Crippen LogP contribution in [0.3, 0.4) is 0 Å². The summed E-state index contributed by atoms with van der Waals surface area (Å²) in [5.41, 5.74) is 1.22. The van der Waals surface area contributed by atoms with E-state index in [-0.39, 0.29) is 23.2 Å². The van der Waals surface area contributed by atoms with Crippen molar-refractivity contribution in [3.8, 4) is 17.0 Å². The predicted molar refractivity (Wildman–Crippen MR) is 103 cm³/mol. The third kappa shape index (κ3) is 4.98. The van der Waals surface area contributed by atoms with Crippen molar-refractivity contribution in [3.05, 3.63) is 48.7 Å². The molecule has 3 rings (SSSR count). The van der Waals surface area contributed by atoms with Gasteiger partial charge in [0.2, 0.25) is 11.7 Å². The minimum absolute atomic E-state index is 0.119. The molecule has 0 aliphatic heterocycles. The Kier molecular flexibility index (Phi) is 5.62. The highest BCUT2D eigenvalue weighted by Gasteiger charge is 2.29. The maximum Gasteiger partial charge on any atom is 0.303 e. The highest BCUT2D eigenvalue weighted by Crippen LogP contribution is 2.32. The molecule has 8 nitrogen and oxygen atoms in total. The molecule has 3 aromatic heterocycles. The van der Waals surface area contributed by atoms with E-state index in [0.29, 0.717) is 17.0 Å². The Balaban J connectivity index is 2.05. The van der Waals surface area contributed by atoms with E-state index in [0.717, 1.165) is 6.92 Å². The van der Waals surface area contributed by atoms with Crippen LogP contribution in [0.4, 0.5) is 26.1 Å². The van der Waals surface area contributed by atoms with Gasteiger partial charge in [-0.05, 0) is 12.1 Å². The van der Waals surface area contributed by atoms with Crippen molar-refractivity contribution in [1.82, 2.24) is 19.9 Å². The summed E-state index contributed by atoms with van der Waals surface area (Å²) < 4.78 is 33.2. The Morgan fingerprint density at radius 2 is 1.97 bits per heavy atom. The van der Waals surface area contributed by atoms with Gasteiger partial charge in [-0.1, -0.05) is 0 Å². The van der Waals surface area contributed by atoms with Crippen LogP contribution < -0.4 is 15.4 Å². The highest BCUT2D eigenvalue weighted by molar-refractivity contribution is 5.88. The number of halogens is 2. The number of aromatic nitrogens is 4. The fraction of sp³-hybridized carbons (Fsp3) is 0.211. The van der Waals surface area contributed by atoms with Gasteiger partial charge in [-0.25, -0.2) is 15.0 Å². The summed E-state index contributed by atoms with van der Waals surface area (Å²) in [7, 11) is 1.44. The largest absolute Gasteiger partial charge is 0.493 e. The van der Waals surface area contributed by atoms with Crippen molar-refractivity contribution >= 4 is 23.2 Å². The lowest BCUT2D eigenvalue weighted by Crippen LogP contribution is -2.14. The molecule has 0 radical (unpaired) electrons. The molecule has 10 heteroatoms. The standard InChI is InChI=1S/C19H18F2N6O2/c1-11(28)24-16-8-14(15(29-3)10-23-16)25-17-7-13(12-5-4-6-22-9-12)26-18(27-17)19(2,20)21/h4-10H,1-3H3,(H2,23,24,25,26,27,28). The van der Waals surface area contributed by atoms with Crippen molar-refractivity contribution in [3.63, 3.8) is 0 Å². The fourth-order valence-electron chi connectivity index (χ4n) is 2.46. The van der Waals surface area contributed by atoms with E-state index in [1.54, 1.807) is 18.3 Å². The molecular formula is C19H18F2N6O2. The van der Waals surface area contributed by atoms with Crippen LogP contribution in [0, 0.1) is 0 Å². The molecule has 3 aromatic rings. The number of nitrogens with zero attached hydrogens (tertiary/aromatic N) is 4. The van der Waals surface area contributed by atoms with E-state index in [4.69, 9.17) is 4.74 Å². The third-order valence-electron chi connectivity index (χ3n) is 3.73. The van der Waals surface area contributed by atoms with Crippen molar-refractivity contribution in [2.24, 2.45) is 0 Å². The van der Waals surface area contributed by atoms with Gasteiger partial charge in [0.15, 0.2) is 5.75 Å². The summed E-state index contributed by atoms with van der Waals surface area (Å²) >= 11 is 0. The number of methoxy groups -OCH3 is 1. The molecule has 0 aliphatic carbocycles. The van der Waals surface area contributed by atoms with Crippen LogP contribution in [0.1, 0.15) is 19.7 Å². The molecule has 0 saturated heterocycles. The lowest BCUT2D eigenvalue weighted by atomic mass is 10.2. The Bertz CT molecular complexity index is 1020. The second kappa shape index (κ2) is 8.13. The number of nitrogens with one attached hydrogen (secondary N) is 2. The molecule has 0 atom stereocenters. The van der Waals surface area contributed by atoms with Crippen LogP contribution in [-0.4, -0.2) is 33.0 Å². The Morgan fingerprint density at radius 1 is 1.17 bits per heavy atom. The van der Waals surface area contributed by atoms with Crippen LogP contribution >= 0.6 is 0 Å². The second-order valence-corrected chi connectivity index (χ2v) is 6.17. The van der Waals surface area contributed by atoms with E-state index in [9.17, 15) is 13.6 Å². The molecule has 29 heavy (non-hydrogen) atoms. The van der Waals surface area contributed by atoms with Gasteiger partial charge < -0.3 is 15.4 Å². The number of amides is 1. The average molecular weight is 400 g/mol. The number of rotatable bonds is 6. The van der Waals surface area contributed by atoms with E-state index < -0.39 is 11.7 Å². The monoisotopic (exact) mass is 400 g/mol. The van der Waals surface area contributed by atoms with E-state index >= 15 is 0 Å². The van der Waals surface area contributed by atoms with E-state index in [1.165, 1.54) is 38.6 Å². The Morgan fingerprint density at radius 3 is 2.59 bits per heavy atom. The number of hydrogen-bond acceptors (Lipinski definition) is 7. The minimum atomic E-state index is -3.25. The van der Waals surface area contributed by atoms with Gasteiger partial charge in [-0.3, -0.25) is 9.78 Å². The Labute approximate surface area is 165 Å². The third-order valence-corrected chi connectivity index (χ3v) is 3.73. The zero-order chi connectivity index (χ0) is 21.0. The lowest BCUT2D eigenvalue weighted by Gasteiger charge is -2.15. The molecule has 150 valence electrons. The van der Waals surface area contributed by atoms with Crippen LogP contribution in [0.5, 0.6) is 5.75 Å². The summed E-state index contributed by atoms with van der Waals surface area (Å²) in [6.07, 6.45) is 4.49. The maximum absolute atomic E-state index is 14.0. The number of carbonyl (C=O) groups excluding carboxylic acids is 1. The van der Waals surface area contributed by atoms with Gasteiger partial charge in [0.05, 0.1) is 24.7 Å². The normalized spacial score (nSPS) is 11.1. The molecule has 0 saturated carbocycles. The first-order valence-electron chi connectivity index (χ1n) is 8.52. The second-order valence-electron chi connectivity index (χ2n) is 6.17. The summed E-state index contributed by atoms with van der Waals surface area (Å²) in [6, 6.07) is 6.42. The number of hydrogen-bond donors (Lipinski definition) is 2. The molecule has 0 aliphatic rings. The molecule has 0 spiro atoms. The minimum Gasteiger partial charge on any atom is -0.493 e. The molecule has 2 N–H and O–H groups in total. The van der Waals surface area contributed by atoms with Gasteiger partial charge in [-0.15, -0.1) is 0 Å². The average Bonchev–Trinajstić information content (AvgIpc) is 2.67. The predicted octanol–water partition coefficient (Wildman–Crippen LogP) is 3.76. The zero-order valence-corrected chi connectivity index (χ0v) is 15.9. The van der Waals surface area contributed by atoms with Crippen LogP contribution in [-0.2, 0) is 10.7 Å². The van der Waals surface area contributed by atoms with Crippen molar-refractivity contribution in [2.75, 3.05) is 17.7 Å². The number of pyridine rings is 2. The van der Waals surface area contributed by atoms with Crippen molar-refractivity contribution < 1.29 is 18.3 Å². The fourth-order valence-corrected chi connectivity index (χ4v) is 2.46. The van der Waals surface area contributed by atoms with E-state index in [1.807, 2.05) is 0 Å². The van der Waals surface area contributed by atoms with E-state index in [2.05, 4.69) is 30.6 Å². The first-order chi connectivity index (χ1) is 13.8. The molecule has 3 heterocycles. The summed E-state index contributed by atoms with van der Waals surface area (Å²) in [4.78, 5) is 27.2. The summed E-state index contributed by atoms with van der Waals surface area (Å²) in [5.74, 6) is -3.47. The van der Waals surface area contributed by atoms with Gasteiger partial charge >= 0.3 is 5.92 Å². The first-order valence-corrected chi connectivity index (χ1v) is 8.52. The van der Waals surface area contributed by atoms with Crippen LogP contribution in [0.25, 0.3) is 11.3 Å². The first kappa shape index (κ1) is 20.1. The zero-order valence-electron chi connectivity index (χ0n) is 15.9. The lowest BCUT2D eigenvalue weighted by molar-refractivity contribution is -0.114. The number of carbonyl (C=O) groups is 1. The van der Waals surface area contributed by atoms with Gasteiger partial charge in [-0.2, -0.15) is 8.78 Å². The van der Waals surface area contributed by atoms with Crippen LogP contribution in [0.15, 0.2) is 42.9 Å². The van der Waals surface area contributed by atoms with Crippen LogP contribution in [0.2, 0.25) is 0 Å². The van der Waals surface area contributed by atoms with Gasteiger partial charge in [0.1, 0.15) is 11.6 Å². The molecule has 1 amide bonds. The number of ether oxygens (including phenoxy) is 1. The topological polar surface area (TPSA) is 102 Å². The summed E-state index contributed by atoms with van der Waals surface area (Å²) in [5, 5.41) is 5.49. The molecule has 0 fully saturated rings. The Hall–Kier alpha value is -3.69. The number of alkyl halides is 2. The molecule has 0 bridgehead atoms.